The van der Waals surface area contributed by atoms with Gasteiger partial charge in [0.15, 0.2) is 0 Å². The molecule has 0 spiro atoms. The van der Waals surface area contributed by atoms with Gasteiger partial charge in [-0.3, -0.25) is 0 Å². The molecule has 1 nitrogen and oxygen atoms in total. The van der Waals surface area contributed by atoms with E-state index in [0.717, 1.165) is 21.0 Å². The molecule has 0 fully saturated rings. The van der Waals surface area contributed by atoms with Crippen molar-refractivity contribution in [2.24, 2.45) is 0 Å². The highest BCUT2D eigenvalue weighted by molar-refractivity contribution is 9.10. The lowest BCUT2D eigenvalue weighted by atomic mass is 10.1. The van der Waals surface area contributed by atoms with Crippen molar-refractivity contribution in [3.8, 4) is 5.75 Å². The molecule has 0 saturated carbocycles. The summed E-state index contributed by atoms with van der Waals surface area (Å²) in [5.74, 6) is 0.860. The molecule has 0 aliphatic rings. The highest BCUT2D eigenvalue weighted by Crippen LogP contribution is 2.32. The second kappa shape index (κ2) is 3.38. The van der Waals surface area contributed by atoms with E-state index in [-0.39, 0.29) is 0 Å². The van der Waals surface area contributed by atoms with Crippen molar-refractivity contribution in [1.82, 2.24) is 0 Å². The number of rotatable bonds is 1. The third-order valence-corrected chi connectivity index (χ3v) is 2.80. The first-order valence-electron chi connectivity index (χ1n) is 3.95. The Hall–Kier alpha value is -1.02. The van der Waals surface area contributed by atoms with Gasteiger partial charge in [-0.15, -0.1) is 0 Å². The summed E-state index contributed by atoms with van der Waals surface area (Å²) >= 11 is 3.50. The summed E-state index contributed by atoms with van der Waals surface area (Å²) in [6, 6.07) is 12.9. The topological polar surface area (TPSA) is 9.23 Å². The summed E-state index contributed by atoms with van der Waals surface area (Å²) in [6.45, 7) is 0. The zero-order valence-corrected chi connectivity index (χ0v) is 8.76. The van der Waals surface area contributed by atoms with Crippen molar-refractivity contribution >= 4 is 26.7 Å². The van der Waals surface area contributed by atoms with Gasteiger partial charge in [0.2, 0.25) is 0 Å². The van der Waals surface area contributed by atoms with Crippen molar-refractivity contribution < 1.29 is 4.74 Å². The fraction of sp³-hybridized carbons (Fsp3) is 0.0909. The summed E-state index contributed by atoms with van der Waals surface area (Å²) in [6.07, 6.45) is 0. The summed E-state index contributed by atoms with van der Waals surface area (Å²) in [5, 5.41) is 2.31. The fourth-order valence-corrected chi connectivity index (χ4v) is 1.97. The maximum atomic E-state index is 5.20. The number of halogens is 1. The Labute approximate surface area is 85.5 Å². The van der Waals surface area contributed by atoms with Crippen LogP contribution in [0.4, 0.5) is 0 Å². The number of hydrogen-bond acceptors (Lipinski definition) is 1. The van der Waals surface area contributed by atoms with E-state index in [1.165, 1.54) is 0 Å². The van der Waals surface area contributed by atoms with Gasteiger partial charge in [0.1, 0.15) is 5.75 Å². The number of fused-ring (bicyclic) bond motifs is 1. The molecule has 65 valence electrons. The largest absolute Gasteiger partial charge is 0.496 e. The van der Waals surface area contributed by atoms with Gasteiger partial charge in [-0.1, -0.05) is 18.2 Å². The van der Waals surface area contributed by atoms with Crippen LogP contribution in [0.5, 0.6) is 5.75 Å². The van der Waals surface area contributed by atoms with Crippen molar-refractivity contribution in [3.05, 3.63) is 40.9 Å². The molecule has 0 bridgehead atoms. The molecule has 13 heavy (non-hydrogen) atoms. The number of benzene rings is 2. The van der Waals surface area contributed by atoms with Crippen LogP contribution < -0.4 is 4.74 Å². The maximum Gasteiger partial charge on any atom is 0.133 e. The number of hydrogen-bond donors (Lipinski definition) is 0. The molecule has 1 radical (unpaired) electrons. The molecule has 0 N–H and O–H groups in total. The number of methoxy groups -OCH3 is 1. The van der Waals surface area contributed by atoms with E-state index in [9.17, 15) is 0 Å². The van der Waals surface area contributed by atoms with Crippen molar-refractivity contribution in [2.45, 2.75) is 0 Å². The molecule has 2 rings (SSSR count). The molecule has 2 heteroatoms. The van der Waals surface area contributed by atoms with E-state index < -0.39 is 0 Å². The molecule has 0 aliphatic carbocycles. The molecule has 0 heterocycles. The van der Waals surface area contributed by atoms with E-state index in [1.54, 1.807) is 7.11 Å². The standard InChI is InChI=1S/C11H8BrO/c1-13-10-7-6-8-4-2-3-5-9(8)11(10)12/h3-7H,1H3. The minimum absolute atomic E-state index is 0.860. The molecule has 0 aromatic heterocycles. The van der Waals surface area contributed by atoms with E-state index in [0.29, 0.717) is 0 Å². The minimum Gasteiger partial charge on any atom is -0.496 e. The Kier molecular flexibility index (Phi) is 2.23. The summed E-state index contributed by atoms with van der Waals surface area (Å²) in [5.41, 5.74) is 0. The maximum absolute atomic E-state index is 5.20. The summed E-state index contributed by atoms with van der Waals surface area (Å²) < 4.78 is 6.20. The predicted octanol–water partition coefficient (Wildman–Crippen LogP) is 3.41. The Morgan fingerprint density at radius 2 is 2.15 bits per heavy atom. The third-order valence-electron chi connectivity index (χ3n) is 1.98. The van der Waals surface area contributed by atoms with Crippen LogP contribution in [0, 0.1) is 6.07 Å². The highest BCUT2D eigenvalue weighted by Gasteiger charge is 2.03. The van der Waals surface area contributed by atoms with Gasteiger partial charge < -0.3 is 4.74 Å². The Morgan fingerprint density at radius 3 is 2.92 bits per heavy atom. The van der Waals surface area contributed by atoms with E-state index >= 15 is 0 Å². The van der Waals surface area contributed by atoms with Gasteiger partial charge in [0, 0.05) is 0 Å². The molecule has 0 atom stereocenters. The monoisotopic (exact) mass is 235 g/mol. The van der Waals surface area contributed by atoms with Crippen LogP contribution in [0.3, 0.4) is 0 Å². The van der Waals surface area contributed by atoms with Crippen LogP contribution in [0.25, 0.3) is 10.8 Å². The van der Waals surface area contributed by atoms with Crippen LogP contribution >= 0.6 is 15.9 Å². The Bertz CT molecular complexity index is 437. The molecule has 0 saturated heterocycles. The van der Waals surface area contributed by atoms with Crippen LogP contribution in [0.1, 0.15) is 0 Å². The van der Waals surface area contributed by atoms with Gasteiger partial charge in [-0.2, -0.15) is 0 Å². The van der Waals surface area contributed by atoms with Gasteiger partial charge in [-0.25, -0.2) is 0 Å². The average molecular weight is 236 g/mol. The van der Waals surface area contributed by atoms with E-state index in [2.05, 4.69) is 22.0 Å². The normalized spacial score (nSPS) is 10.3. The molecule has 0 aliphatic heterocycles. The lowest BCUT2D eigenvalue weighted by molar-refractivity contribution is 0.413. The average Bonchev–Trinajstić information content (AvgIpc) is 2.19. The molecule has 2 aromatic carbocycles. The summed E-state index contributed by atoms with van der Waals surface area (Å²) in [7, 11) is 1.67. The molecule has 0 unspecified atom stereocenters. The first-order valence-corrected chi connectivity index (χ1v) is 4.74. The molecule has 0 amide bonds. The predicted molar refractivity (Wildman–Crippen MR) is 57.0 cm³/mol. The Balaban J connectivity index is 2.79. The molecular formula is C11H8BrO. The first-order chi connectivity index (χ1) is 6.33. The molecular weight excluding hydrogens is 228 g/mol. The SMILES string of the molecule is COc1ccc2c[c]ccc2c1Br. The van der Waals surface area contributed by atoms with Gasteiger partial charge in [0.25, 0.3) is 0 Å². The summed E-state index contributed by atoms with van der Waals surface area (Å²) in [4.78, 5) is 0. The zero-order chi connectivity index (χ0) is 9.26. The van der Waals surface area contributed by atoms with Crippen molar-refractivity contribution in [1.29, 1.82) is 0 Å². The molecule has 2 aromatic rings. The lowest BCUT2D eigenvalue weighted by Gasteiger charge is -2.05. The zero-order valence-electron chi connectivity index (χ0n) is 7.17. The van der Waals surface area contributed by atoms with E-state index in [4.69, 9.17) is 4.74 Å². The third kappa shape index (κ3) is 1.42. The van der Waals surface area contributed by atoms with Gasteiger partial charge in [0.05, 0.1) is 11.6 Å². The lowest BCUT2D eigenvalue weighted by Crippen LogP contribution is -1.84. The van der Waals surface area contributed by atoms with Gasteiger partial charge >= 0.3 is 0 Å². The van der Waals surface area contributed by atoms with Crippen LogP contribution in [-0.2, 0) is 0 Å². The van der Waals surface area contributed by atoms with Crippen molar-refractivity contribution in [2.75, 3.05) is 7.11 Å². The van der Waals surface area contributed by atoms with Crippen LogP contribution in [0.2, 0.25) is 0 Å². The second-order valence-corrected chi connectivity index (χ2v) is 3.52. The number of ether oxygens (including phenoxy) is 1. The Morgan fingerprint density at radius 1 is 1.31 bits per heavy atom. The van der Waals surface area contributed by atoms with Crippen LogP contribution in [0.15, 0.2) is 34.8 Å². The van der Waals surface area contributed by atoms with Gasteiger partial charge in [-0.05, 0) is 44.9 Å². The van der Waals surface area contributed by atoms with E-state index in [1.807, 2.05) is 30.3 Å². The fourth-order valence-electron chi connectivity index (χ4n) is 1.31. The quantitative estimate of drug-likeness (QED) is 0.737. The highest BCUT2D eigenvalue weighted by atomic mass is 79.9. The van der Waals surface area contributed by atoms with Crippen molar-refractivity contribution in [3.63, 3.8) is 0 Å². The minimum atomic E-state index is 0.860. The smallest absolute Gasteiger partial charge is 0.133 e. The van der Waals surface area contributed by atoms with Crippen LogP contribution in [-0.4, -0.2) is 7.11 Å². The first kappa shape index (κ1) is 8.57. The second-order valence-electron chi connectivity index (χ2n) is 2.73.